The summed E-state index contributed by atoms with van der Waals surface area (Å²) in [5.41, 5.74) is 0.715. The van der Waals surface area contributed by atoms with E-state index in [-0.39, 0.29) is 5.82 Å². The van der Waals surface area contributed by atoms with Gasteiger partial charge in [0.25, 0.3) is 0 Å². The van der Waals surface area contributed by atoms with Gasteiger partial charge in [-0.15, -0.1) is 6.42 Å². The lowest BCUT2D eigenvalue weighted by Gasteiger charge is -2.15. The molecular formula is C15H9BrFO. The monoisotopic (exact) mass is 303 g/mol. The molecule has 0 aliphatic carbocycles. The van der Waals surface area contributed by atoms with Crippen molar-refractivity contribution in [2.45, 2.75) is 6.10 Å². The van der Waals surface area contributed by atoms with Crippen molar-refractivity contribution < 1.29 is 9.13 Å². The van der Waals surface area contributed by atoms with E-state index < -0.39 is 6.10 Å². The molecule has 0 saturated heterocycles. The first kappa shape index (κ1) is 12.7. The van der Waals surface area contributed by atoms with Gasteiger partial charge < -0.3 is 4.74 Å². The summed E-state index contributed by atoms with van der Waals surface area (Å²) < 4.78 is 19.3. The molecule has 0 amide bonds. The van der Waals surface area contributed by atoms with Gasteiger partial charge in [-0.05, 0) is 30.3 Å². The Morgan fingerprint density at radius 3 is 2.61 bits per heavy atom. The van der Waals surface area contributed by atoms with Gasteiger partial charge in [-0.1, -0.05) is 40.0 Å². The van der Waals surface area contributed by atoms with Gasteiger partial charge in [0.2, 0.25) is 0 Å². The molecule has 0 spiro atoms. The molecule has 0 aromatic heterocycles. The molecule has 0 aliphatic heterocycles. The number of hydrogen-bond acceptors (Lipinski definition) is 1. The Balaban J connectivity index is 2.27. The molecule has 0 bridgehead atoms. The minimum atomic E-state index is -0.567. The minimum absolute atomic E-state index is 0.323. The van der Waals surface area contributed by atoms with E-state index in [1.807, 2.05) is 0 Å². The predicted octanol–water partition coefficient (Wildman–Crippen LogP) is 4.14. The van der Waals surface area contributed by atoms with E-state index in [4.69, 9.17) is 11.2 Å². The van der Waals surface area contributed by atoms with Gasteiger partial charge in [0.05, 0.1) is 0 Å². The fraction of sp³-hybridized carbons (Fsp3) is 0.0667. The van der Waals surface area contributed by atoms with Crippen molar-refractivity contribution in [3.8, 4) is 18.1 Å². The molecule has 0 saturated carbocycles. The van der Waals surface area contributed by atoms with Crippen molar-refractivity contribution in [3.63, 3.8) is 0 Å². The second-order valence-electron chi connectivity index (χ2n) is 3.57. The Hall–Kier alpha value is -1.79. The molecule has 0 heterocycles. The Bertz CT molecular complexity index is 575. The molecule has 2 rings (SSSR count). The first-order chi connectivity index (χ1) is 8.70. The van der Waals surface area contributed by atoms with Crippen LogP contribution in [-0.4, -0.2) is 0 Å². The zero-order valence-corrected chi connectivity index (χ0v) is 10.9. The van der Waals surface area contributed by atoms with E-state index in [1.165, 1.54) is 12.1 Å². The number of halogens is 2. The maximum Gasteiger partial charge on any atom is 0.185 e. The number of rotatable bonds is 3. The molecule has 0 fully saturated rings. The lowest BCUT2D eigenvalue weighted by Crippen LogP contribution is -2.06. The smallest absolute Gasteiger partial charge is 0.185 e. The van der Waals surface area contributed by atoms with Crippen LogP contribution in [0.3, 0.4) is 0 Å². The summed E-state index contributed by atoms with van der Waals surface area (Å²) in [6.07, 6.45) is 4.89. The average Bonchev–Trinajstić information content (AvgIpc) is 2.38. The highest BCUT2D eigenvalue weighted by molar-refractivity contribution is 9.10. The second-order valence-corrected chi connectivity index (χ2v) is 4.42. The van der Waals surface area contributed by atoms with Crippen LogP contribution in [0, 0.1) is 24.2 Å². The van der Waals surface area contributed by atoms with Gasteiger partial charge in [-0.25, -0.2) is 4.39 Å². The van der Waals surface area contributed by atoms with Crippen LogP contribution in [0.25, 0.3) is 0 Å². The van der Waals surface area contributed by atoms with Crippen LogP contribution in [0.1, 0.15) is 11.7 Å². The first-order valence-corrected chi connectivity index (χ1v) is 6.04. The average molecular weight is 304 g/mol. The maximum absolute atomic E-state index is 13.0. The minimum Gasteiger partial charge on any atom is -0.473 e. The zero-order valence-electron chi connectivity index (χ0n) is 9.36. The Morgan fingerprint density at radius 2 is 2.00 bits per heavy atom. The summed E-state index contributed by atoms with van der Waals surface area (Å²) >= 11 is 3.28. The third-order valence-corrected chi connectivity index (χ3v) is 3.02. The summed E-state index contributed by atoms with van der Waals surface area (Å²) in [4.78, 5) is 0. The van der Waals surface area contributed by atoms with Crippen molar-refractivity contribution in [2.75, 3.05) is 0 Å². The molecule has 1 nitrogen and oxygen atoms in total. The van der Waals surface area contributed by atoms with Crippen LogP contribution in [0.5, 0.6) is 5.75 Å². The molecule has 1 radical (unpaired) electrons. The van der Waals surface area contributed by atoms with E-state index in [1.54, 1.807) is 30.3 Å². The molecule has 89 valence electrons. The van der Waals surface area contributed by atoms with Crippen molar-refractivity contribution in [3.05, 3.63) is 64.4 Å². The third-order valence-electron chi connectivity index (χ3n) is 2.34. The van der Waals surface area contributed by atoms with E-state index in [0.717, 1.165) is 0 Å². The van der Waals surface area contributed by atoms with Crippen LogP contribution >= 0.6 is 15.9 Å². The van der Waals surface area contributed by atoms with Crippen molar-refractivity contribution in [2.24, 2.45) is 0 Å². The molecule has 2 aromatic carbocycles. The lowest BCUT2D eigenvalue weighted by atomic mass is 10.1. The topological polar surface area (TPSA) is 9.23 Å². The first-order valence-electron chi connectivity index (χ1n) is 5.24. The maximum atomic E-state index is 13.0. The molecule has 1 atom stereocenters. The molecule has 2 aromatic rings. The Kier molecular flexibility index (Phi) is 4.01. The molecule has 0 N–H and O–H groups in total. The third kappa shape index (κ3) is 2.91. The van der Waals surface area contributed by atoms with Crippen molar-refractivity contribution in [1.29, 1.82) is 0 Å². The summed E-state index contributed by atoms with van der Waals surface area (Å²) in [7, 11) is 0. The summed E-state index contributed by atoms with van der Waals surface area (Å²) in [5.74, 6) is 2.87. The molecule has 0 aliphatic rings. The SMILES string of the molecule is C#CC(Oc1cc[c]cc1)c1ccc(F)cc1Br. The number of ether oxygens (including phenoxy) is 1. The quantitative estimate of drug-likeness (QED) is 0.774. The van der Waals surface area contributed by atoms with Gasteiger partial charge in [0.1, 0.15) is 11.6 Å². The summed E-state index contributed by atoms with van der Waals surface area (Å²) in [5, 5.41) is 0. The molecule has 18 heavy (non-hydrogen) atoms. The highest BCUT2D eigenvalue weighted by Crippen LogP contribution is 2.28. The summed E-state index contributed by atoms with van der Waals surface area (Å²) in [6.45, 7) is 0. The van der Waals surface area contributed by atoms with Crippen molar-refractivity contribution in [1.82, 2.24) is 0 Å². The van der Waals surface area contributed by atoms with Crippen LogP contribution in [0.15, 0.2) is 46.9 Å². The highest BCUT2D eigenvalue weighted by Gasteiger charge is 2.14. The Morgan fingerprint density at radius 1 is 1.28 bits per heavy atom. The fourth-order valence-corrected chi connectivity index (χ4v) is 2.05. The number of benzene rings is 2. The number of hydrogen-bond donors (Lipinski definition) is 0. The largest absolute Gasteiger partial charge is 0.473 e. The van der Waals surface area contributed by atoms with Gasteiger partial charge >= 0.3 is 0 Å². The van der Waals surface area contributed by atoms with Gasteiger partial charge in [0, 0.05) is 10.0 Å². The van der Waals surface area contributed by atoms with Crippen LogP contribution in [0.4, 0.5) is 4.39 Å². The van der Waals surface area contributed by atoms with Gasteiger partial charge in [0.15, 0.2) is 6.10 Å². The normalized spacial score (nSPS) is 11.6. The van der Waals surface area contributed by atoms with E-state index in [0.29, 0.717) is 15.8 Å². The second kappa shape index (κ2) is 5.70. The molecule has 3 heteroatoms. The van der Waals surface area contributed by atoms with Crippen LogP contribution in [0.2, 0.25) is 0 Å². The van der Waals surface area contributed by atoms with Gasteiger partial charge in [-0.3, -0.25) is 0 Å². The fourth-order valence-electron chi connectivity index (χ4n) is 1.49. The van der Waals surface area contributed by atoms with Crippen LogP contribution < -0.4 is 4.74 Å². The predicted molar refractivity (Wildman–Crippen MR) is 71.6 cm³/mol. The number of terminal acetylenes is 1. The van der Waals surface area contributed by atoms with Crippen LogP contribution in [-0.2, 0) is 0 Å². The lowest BCUT2D eigenvalue weighted by molar-refractivity contribution is 0.264. The molecule has 1 unspecified atom stereocenters. The standard InChI is InChI=1S/C15H9BrFO/c1-2-15(18-12-6-4-3-5-7-12)13-9-8-11(17)10-14(13)16/h1,4-10,15H. The summed E-state index contributed by atoms with van der Waals surface area (Å²) in [6, 6.07) is 14.2. The highest BCUT2D eigenvalue weighted by atomic mass is 79.9. The zero-order chi connectivity index (χ0) is 13.0. The van der Waals surface area contributed by atoms with E-state index >= 15 is 0 Å². The van der Waals surface area contributed by atoms with Crippen molar-refractivity contribution >= 4 is 15.9 Å². The molecular weight excluding hydrogens is 295 g/mol. The Labute approximate surface area is 114 Å². The van der Waals surface area contributed by atoms with E-state index in [9.17, 15) is 4.39 Å². The van der Waals surface area contributed by atoms with E-state index in [2.05, 4.69) is 27.9 Å². The van der Waals surface area contributed by atoms with Gasteiger partial charge in [-0.2, -0.15) is 0 Å².